The quantitative estimate of drug-likeness (QED) is 0.898. The molecule has 0 aliphatic carbocycles. The van der Waals surface area contributed by atoms with Crippen LogP contribution in [0.25, 0.3) is 0 Å². The van der Waals surface area contributed by atoms with Crippen molar-refractivity contribution in [3.63, 3.8) is 0 Å². The van der Waals surface area contributed by atoms with Crippen LogP contribution < -0.4 is 11.1 Å². The van der Waals surface area contributed by atoms with Gasteiger partial charge in [0.2, 0.25) is 5.95 Å². The lowest BCUT2D eigenvalue weighted by atomic mass is 9.92. The molecule has 0 saturated carbocycles. The molecule has 0 spiro atoms. The van der Waals surface area contributed by atoms with Crippen molar-refractivity contribution in [2.24, 2.45) is 0 Å². The van der Waals surface area contributed by atoms with E-state index in [-0.39, 0.29) is 11.9 Å². The lowest BCUT2D eigenvalue weighted by Gasteiger charge is -2.20. The van der Waals surface area contributed by atoms with Crippen molar-refractivity contribution >= 4 is 17.5 Å². The average Bonchev–Trinajstić information content (AvgIpc) is 2.46. The summed E-state index contributed by atoms with van der Waals surface area (Å²) in [6, 6.07) is 6.15. The first-order valence-corrected chi connectivity index (χ1v) is 7.84. The van der Waals surface area contributed by atoms with Gasteiger partial charge in [-0.05, 0) is 29.9 Å². The largest absolute Gasteiger partial charge is 0.368 e. The highest BCUT2D eigenvalue weighted by Gasteiger charge is 2.18. The number of nitrogens with zero attached hydrogens (tertiary/aromatic N) is 2. The zero-order valence-corrected chi connectivity index (χ0v) is 14.3. The van der Waals surface area contributed by atoms with Gasteiger partial charge in [0, 0.05) is 11.9 Å². The number of aromatic nitrogens is 2. The molecule has 2 rings (SSSR count). The van der Waals surface area contributed by atoms with E-state index in [0.717, 1.165) is 16.8 Å². The molecule has 0 fully saturated rings. The van der Waals surface area contributed by atoms with E-state index < -0.39 is 0 Å². The highest BCUT2D eigenvalue weighted by atomic mass is 16.1. The van der Waals surface area contributed by atoms with Crippen molar-refractivity contribution in [3.05, 3.63) is 46.8 Å². The monoisotopic (exact) mass is 312 g/mol. The molecule has 0 bridgehead atoms. The Balaban J connectivity index is 2.44. The van der Waals surface area contributed by atoms with Gasteiger partial charge in [-0.2, -0.15) is 0 Å². The zero-order valence-electron chi connectivity index (χ0n) is 14.3. The van der Waals surface area contributed by atoms with E-state index in [9.17, 15) is 4.79 Å². The lowest BCUT2D eigenvalue weighted by Crippen LogP contribution is -2.18. The highest BCUT2D eigenvalue weighted by molar-refractivity contribution is 6.05. The zero-order chi connectivity index (χ0) is 17.1. The van der Waals surface area contributed by atoms with Crippen molar-refractivity contribution in [2.45, 2.75) is 46.5 Å². The summed E-state index contributed by atoms with van der Waals surface area (Å²) in [6.45, 7) is 10.2. The summed E-state index contributed by atoms with van der Waals surface area (Å²) >= 11 is 0. The average molecular weight is 312 g/mol. The molecule has 0 radical (unpaired) electrons. The molecule has 0 aliphatic heterocycles. The topological polar surface area (TPSA) is 80.9 Å². The van der Waals surface area contributed by atoms with Gasteiger partial charge in [-0.25, -0.2) is 9.97 Å². The van der Waals surface area contributed by atoms with Crippen molar-refractivity contribution < 1.29 is 4.79 Å². The number of amides is 1. The van der Waals surface area contributed by atoms with Crippen LogP contribution in [0, 0.1) is 6.92 Å². The smallest absolute Gasteiger partial charge is 0.259 e. The molecule has 122 valence electrons. The minimum Gasteiger partial charge on any atom is -0.368 e. The molecule has 1 aromatic heterocycles. The first-order chi connectivity index (χ1) is 10.8. The predicted molar refractivity (Wildman–Crippen MR) is 93.8 cm³/mol. The fourth-order valence-corrected chi connectivity index (χ4v) is 2.58. The van der Waals surface area contributed by atoms with Crippen LogP contribution in [0.15, 0.2) is 24.4 Å². The normalized spacial score (nSPS) is 11.1. The molecular formula is C18H24N4O. The number of rotatable bonds is 4. The molecule has 23 heavy (non-hydrogen) atoms. The van der Waals surface area contributed by atoms with Crippen LogP contribution in [-0.4, -0.2) is 15.9 Å². The number of anilines is 2. The summed E-state index contributed by atoms with van der Waals surface area (Å²) < 4.78 is 0. The van der Waals surface area contributed by atoms with Crippen LogP contribution in [0.4, 0.5) is 11.6 Å². The van der Waals surface area contributed by atoms with E-state index in [0.29, 0.717) is 23.1 Å². The van der Waals surface area contributed by atoms with Crippen molar-refractivity contribution in [1.82, 2.24) is 9.97 Å². The van der Waals surface area contributed by atoms with Gasteiger partial charge < -0.3 is 11.1 Å². The molecular weight excluding hydrogens is 288 g/mol. The number of nitrogen functional groups attached to an aromatic ring is 1. The van der Waals surface area contributed by atoms with Crippen LogP contribution >= 0.6 is 0 Å². The van der Waals surface area contributed by atoms with Crippen molar-refractivity contribution in [3.8, 4) is 0 Å². The molecule has 1 aromatic carbocycles. The first kappa shape index (κ1) is 16.9. The summed E-state index contributed by atoms with van der Waals surface area (Å²) in [7, 11) is 0. The number of benzene rings is 1. The standard InChI is InChI=1S/C18H24N4O/c1-10(2)13-7-6-8-14(11(3)4)16(13)22-17(23)15-9-20-18(19)21-12(15)5/h6-11H,1-5H3,(H,22,23)(H2,19,20,21). The van der Waals surface area contributed by atoms with Gasteiger partial charge in [0.25, 0.3) is 5.91 Å². The number of carbonyl (C=O) groups is 1. The second-order valence-corrected chi connectivity index (χ2v) is 6.30. The molecule has 0 saturated heterocycles. The van der Waals surface area contributed by atoms with E-state index in [1.807, 2.05) is 6.07 Å². The number of hydrogen-bond acceptors (Lipinski definition) is 4. The van der Waals surface area contributed by atoms with Crippen LogP contribution in [0.5, 0.6) is 0 Å². The number of aryl methyl sites for hydroxylation is 1. The Morgan fingerprint density at radius 1 is 1.13 bits per heavy atom. The van der Waals surface area contributed by atoms with E-state index in [2.05, 4.69) is 55.1 Å². The Morgan fingerprint density at radius 3 is 2.17 bits per heavy atom. The minimum atomic E-state index is -0.211. The fourth-order valence-electron chi connectivity index (χ4n) is 2.58. The SMILES string of the molecule is Cc1nc(N)ncc1C(=O)Nc1c(C(C)C)cccc1C(C)C. The Morgan fingerprint density at radius 2 is 1.70 bits per heavy atom. The summed E-state index contributed by atoms with van der Waals surface area (Å²) in [6.07, 6.45) is 1.47. The maximum Gasteiger partial charge on any atom is 0.259 e. The number of hydrogen-bond donors (Lipinski definition) is 2. The van der Waals surface area contributed by atoms with Gasteiger partial charge in [-0.3, -0.25) is 4.79 Å². The molecule has 1 amide bonds. The maximum atomic E-state index is 12.7. The number of para-hydroxylation sites is 1. The Labute approximate surface area is 137 Å². The summed E-state index contributed by atoms with van der Waals surface area (Å²) in [5.74, 6) is 0.586. The molecule has 5 heteroatoms. The predicted octanol–water partition coefficient (Wildman–Crippen LogP) is 3.87. The Hall–Kier alpha value is -2.43. The van der Waals surface area contributed by atoms with E-state index in [1.54, 1.807) is 6.92 Å². The van der Waals surface area contributed by atoms with Gasteiger partial charge >= 0.3 is 0 Å². The number of nitrogens with two attached hydrogens (primary N) is 1. The number of carbonyl (C=O) groups excluding carboxylic acids is 1. The molecule has 0 unspecified atom stereocenters. The van der Waals surface area contributed by atoms with E-state index >= 15 is 0 Å². The minimum absolute atomic E-state index is 0.171. The van der Waals surface area contributed by atoms with Crippen molar-refractivity contribution in [2.75, 3.05) is 11.1 Å². The molecule has 2 aromatic rings. The molecule has 0 aliphatic rings. The summed E-state index contributed by atoms with van der Waals surface area (Å²) in [5.41, 5.74) is 9.70. The van der Waals surface area contributed by atoms with Crippen LogP contribution in [0.2, 0.25) is 0 Å². The second kappa shape index (κ2) is 6.77. The van der Waals surface area contributed by atoms with Crippen LogP contribution in [0.3, 0.4) is 0 Å². The molecule has 0 atom stereocenters. The summed E-state index contributed by atoms with van der Waals surface area (Å²) in [4.78, 5) is 20.6. The third-order valence-corrected chi connectivity index (χ3v) is 3.85. The highest BCUT2D eigenvalue weighted by Crippen LogP contribution is 2.32. The van der Waals surface area contributed by atoms with Crippen molar-refractivity contribution in [1.29, 1.82) is 0 Å². The van der Waals surface area contributed by atoms with Gasteiger partial charge in [0.05, 0.1) is 11.3 Å². The first-order valence-electron chi connectivity index (χ1n) is 7.84. The van der Waals surface area contributed by atoms with Gasteiger partial charge in [0.15, 0.2) is 0 Å². The van der Waals surface area contributed by atoms with Gasteiger partial charge in [-0.15, -0.1) is 0 Å². The van der Waals surface area contributed by atoms with Crippen LogP contribution in [-0.2, 0) is 0 Å². The Kier molecular flexibility index (Phi) is 4.98. The van der Waals surface area contributed by atoms with E-state index in [1.165, 1.54) is 6.20 Å². The number of nitrogens with one attached hydrogen (secondary N) is 1. The molecule has 1 heterocycles. The van der Waals surface area contributed by atoms with Crippen LogP contribution in [0.1, 0.15) is 66.7 Å². The third kappa shape index (κ3) is 3.67. The second-order valence-electron chi connectivity index (χ2n) is 6.30. The van der Waals surface area contributed by atoms with Gasteiger partial charge in [-0.1, -0.05) is 45.9 Å². The van der Waals surface area contributed by atoms with E-state index in [4.69, 9.17) is 5.73 Å². The maximum absolute atomic E-state index is 12.7. The third-order valence-electron chi connectivity index (χ3n) is 3.85. The lowest BCUT2D eigenvalue weighted by molar-refractivity contribution is 0.102. The summed E-state index contributed by atoms with van der Waals surface area (Å²) in [5, 5.41) is 3.06. The molecule has 3 N–H and O–H groups in total. The molecule has 5 nitrogen and oxygen atoms in total. The fraction of sp³-hybridized carbons (Fsp3) is 0.389. The van der Waals surface area contributed by atoms with Gasteiger partial charge in [0.1, 0.15) is 0 Å². The Bertz CT molecular complexity index is 697.